The number of nitrogens with one attached hydrogen (secondary N) is 2. The summed E-state index contributed by atoms with van der Waals surface area (Å²) in [6.45, 7) is 0.428. The van der Waals surface area contributed by atoms with E-state index in [2.05, 4.69) is 9.44 Å². The first kappa shape index (κ1) is 19.8. The second kappa shape index (κ2) is 7.36. The van der Waals surface area contributed by atoms with Crippen LogP contribution < -0.4 is 9.44 Å². The zero-order valence-electron chi connectivity index (χ0n) is 13.8. The van der Waals surface area contributed by atoms with Crippen molar-refractivity contribution in [2.24, 2.45) is 0 Å². The zero-order valence-corrected chi connectivity index (χ0v) is 15.5. The molecule has 1 aromatic rings. The van der Waals surface area contributed by atoms with Gasteiger partial charge in [-0.25, -0.2) is 30.7 Å². The second-order valence-electron chi connectivity index (χ2n) is 5.83. The number of carbonyl (C=O) groups is 1. The predicted octanol–water partition coefficient (Wildman–Crippen LogP) is -0.112. The van der Waals surface area contributed by atoms with E-state index in [1.165, 1.54) is 11.9 Å². The Morgan fingerprint density at radius 1 is 1.28 bits per heavy atom. The number of nitrogens with zero attached hydrogens (tertiary/aromatic N) is 1. The summed E-state index contributed by atoms with van der Waals surface area (Å²) in [4.78, 5) is 13.7. The molecule has 1 saturated heterocycles. The quantitative estimate of drug-likeness (QED) is 0.725. The molecule has 140 valence electrons. The Bertz CT molecular complexity index is 870. The zero-order chi connectivity index (χ0) is 18.8. The summed E-state index contributed by atoms with van der Waals surface area (Å²) in [5, 5.41) is 0. The Kier molecular flexibility index (Phi) is 5.82. The molecule has 1 amide bonds. The third-order valence-electron chi connectivity index (χ3n) is 3.84. The molecule has 0 saturated carbocycles. The fraction of sp³-hybridized carbons (Fsp3) is 0.500. The largest absolute Gasteiger partial charge is 0.337 e. The molecule has 1 heterocycles. The number of hydrogen-bond donors (Lipinski definition) is 2. The highest BCUT2D eigenvalue weighted by atomic mass is 32.2. The summed E-state index contributed by atoms with van der Waals surface area (Å²) in [7, 11) is -6.03. The number of benzene rings is 1. The van der Waals surface area contributed by atoms with Gasteiger partial charge in [0.15, 0.2) is 0 Å². The Balaban J connectivity index is 2.26. The molecular weight excluding hydrogens is 373 g/mol. The van der Waals surface area contributed by atoms with Gasteiger partial charge in [0.05, 0.1) is 16.7 Å². The first-order valence-corrected chi connectivity index (χ1v) is 10.9. The monoisotopic (exact) mass is 393 g/mol. The number of hydrogen-bond acceptors (Lipinski definition) is 5. The van der Waals surface area contributed by atoms with E-state index in [1.54, 1.807) is 0 Å². The number of carbonyl (C=O) groups excluding carboxylic acids is 1. The van der Waals surface area contributed by atoms with Crippen molar-refractivity contribution in [3.63, 3.8) is 0 Å². The third-order valence-corrected chi connectivity index (χ3v) is 6.01. The molecule has 0 spiro atoms. The lowest BCUT2D eigenvalue weighted by Gasteiger charge is -2.33. The van der Waals surface area contributed by atoms with Crippen molar-refractivity contribution in [1.82, 2.24) is 14.3 Å². The highest BCUT2D eigenvalue weighted by Gasteiger charge is 2.28. The number of halogens is 1. The Hall–Kier alpha value is -1.56. The van der Waals surface area contributed by atoms with Crippen molar-refractivity contribution < 1.29 is 26.0 Å². The summed E-state index contributed by atoms with van der Waals surface area (Å²) < 4.78 is 65.0. The van der Waals surface area contributed by atoms with Crippen LogP contribution in [-0.4, -0.2) is 60.1 Å². The van der Waals surface area contributed by atoms with Crippen molar-refractivity contribution in [1.29, 1.82) is 0 Å². The molecule has 8 nitrogen and oxygen atoms in total. The molecule has 11 heteroatoms. The summed E-state index contributed by atoms with van der Waals surface area (Å²) in [6, 6.07) is 2.52. The van der Waals surface area contributed by atoms with E-state index in [9.17, 15) is 26.0 Å². The van der Waals surface area contributed by atoms with Crippen molar-refractivity contribution in [2.45, 2.75) is 23.8 Å². The van der Waals surface area contributed by atoms with Gasteiger partial charge < -0.3 is 4.90 Å². The van der Waals surface area contributed by atoms with Gasteiger partial charge in [-0.2, -0.15) is 0 Å². The molecule has 25 heavy (non-hydrogen) atoms. The highest BCUT2D eigenvalue weighted by molar-refractivity contribution is 7.89. The van der Waals surface area contributed by atoms with E-state index >= 15 is 0 Å². The van der Waals surface area contributed by atoms with Crippen LogP contribution in [0.4, 0.5) is 4.39 Å². The second-order valence-corrected chi connectivity index (χ2v) is 9.50. The van der Waals surface area contributed by atoms with Crippen molar-refractivity contribution >= 4 is 26.0 Å². The lowest BCUT2D eigenvalue weighted by molar-refractivity contribution is 0.0698. The Labute approximate surface area is 146 Å². The number of rotatable bonds is 5. The van der Waals surface area contributed by atoms with Crippen LogP contribution in [0.25, 0.3) is 0 Å². The van der Waals surface area contributed by atoms with Crippen LogP contribution in [0, 0.1) is 5.82 Å². The molecule has 1 aromatic carbocycles. The van der Waals surface area contributed by atoms with Crippen molar-refractivity contribution in [3.8, 4) is 0 Å². The number of likely N-dealkylation sites (tertiary alicyclic amines) is 1. The van der Waals surface area contributed by atoms with Crippen LogP contribution in [0.3, 0.4) is 0 Å². The summed E-state index contributed by atoms with van der Waals surface area (Å²) >= 11 is 0. The first-order valence-electron chi connectivity index (χ1n) is 7.53. The molecule has 1 aliphatic rings. The van der Waals surface area contributed by atoms with Crippen LogP contribution in [0.2, 0.25) is 0 Å². The van der Waals surface area contributed by atoms with Gasteiger partial charge in [-0.3, -0.25) is 4.79 Å². The molecule has 0 radical (unpaired) electrons. The van der Waals surface area contributed by atoms with Gasteiger partial charge in [-0.1, -0.05) is 0 Å². The molecule has 0 bridgehead atoms. The van der Waals surface area contributed by atoms with Gasteiger partial charge in [-0.05, 0) is 38.1 Å². The maximum Gasteiger partial charge on any atom is 0.256 e. The van der Waals surface area contributed by atoms with Gasteiger partial charge in [0.25, 0.3) is 5.91 Å². The molecule has 0 aliphatic carbocycles. The molecule has 2 N–H and O–H groups in total. The average Bonchev–Trinajstić information content (AvgIpc) is 2.53. The smallest absolute Gasteiger partial charge is 0.256 e. The maximum absolute atomic E-state index is 14.1. The lowest BCUT2D eigenvalue weighted by Crippen LogP contribution is -2.49. The van der Waals surface area contributed by atoms with E-state index < -0.39 is 37.8 Å². The minimum atomic E-state index is -3.82. The van der Waals surface area contributed by atoms with Crippen LogP contribution >= 0.6 is 0 Å². The first-order chi connectivity index (χ1) is 11.5. The molecule has 1 aliphatic heterocycles. The fourth-order valence-corrected chi connectivity index (χ4v) is 4.24. The molecule has 1 atom stereocenters. The molecular formula is C14H20FN3O5S2. The lowest BCUT2D eigenvalue weighted by atomic mass is 10.1. The predicted molar refractivity (Wildman–Crippen MR) is 89.6 cm³/mol. The van der Waals surface area contributed by atoms with Gasteiger partial charge in [0.2, 0.25) is 20.0 Å². The van der Waals surface area contributed by atoms with E-state index in [0.29, 0.717) is 19.4 Å². The van der Waals surface area contributed by atoms with E-state index in [4.69, 9.17) is 0 Å². The number of sulfonamides is 2. The summed E-state index contributed by atoms with van der Waals surface area (Å²) in [6.07, 6.45) is 2.14. The van der Waals surface area contributed by atoms with E-state index in [0.717, 1.165) is 24.5 Å². The minimum Gasteiger partial charge on any atom is -0.337 e. The standard InChI is InChI=1S/C14H20FN3O5S2/c1-16-25(22,23)11-5-6-13(15)12(8-11)14(19)18-7-3-4-10(9-18)17-24(2,20)21/h5-6,8,10,16-17H,3-4,7,9H2,1-2H3. The van der Waals surface area contributed by atoms with Crippen LogP contribution in [0.1, 0.15) is 23.2 Å². The number of piperidine rings is 1. The molecule has 1 unspecified atom stereocenters. The average molecular weight is 393 g/mol. The Morgan fingerprint density at radius 3 is 2.56 bits per heavy atom. The van der Waals surface area contributed by atoms with Gasteiger partial charge in [-0.15, -0.1) is 0 Å². The van der Waals surface area contributed by atoms with E-state index in [-0.39, 0.29) is 17.0 Å². The highest BCUT2D eigenvalue weighted by Crippen LogP contribution is 2.19. The SMILES string of the molecule is CNS(=O)(=O)c1ccc(F)c(C(=O)N2CCCC(NS(C)(=O)=O)C2)c1. The van der Waals surface area contributed by atoms with E-state index in [1.807, 2.05) is 0 Å². The van der Waals surface area contributed by atoms with Crippen molar-refractivity contribution in [2.75, 3.05) is 26.4 Å². The van der Waals surface area contributed by atoms with Crippen LogP contribution in [0.15, 0.2) is 23.1 Å². The third kappa shape index (κ3) is 4.97. The Morgan fingerprint density at radius 2 is 1.96 bits per heavy atom. The molecule has 2 rings (SSSR count). The van der Waals surface area contributed by atoms with Crippen LogP contribution in [-0.2, 0) is 20.0 Å². The van der Waals surface area contributed by atoms with Gasteiger partial charge in [0.1, 0.15) is 5.82 Å². The summed E-state index contributed by atoms with van der Waals surface area (Å²) in [5.74, 6) is -1.51. The van der Waals surface area contributed by atoms with Gasteiger partial charge in [0, 0.05) is 19.1 Å². The topological polar surface area (TPSA) is 113 Å². The van der Waals surface area contributed by atoms with Crippen molar-refractivity contribution in [3.05, 3.63) is 29.6 Å². The molecule has 0 aromatic heterocycles. The minimum absolute atomic E-state index is 0.0916. The van der Waals surface area contributed by atoms with Crippen LogP contribution in [0.5, 0.6) is 0 Å². The molecule has 1 fully saturated rings. The number of amides is 1. The summed E-state index contributed by atoms with van der Waals surface area (Å²) in [5.41, 5.74) is -0.365. The van der Waals surface area contributed by atoms with Gasteiger partial charge >= 0.3 is 0 Å². The normalized spacial score (nSPS) is 19.0. The maximum atomic E-state index is 14.1. The fourth-order valence-electron chi connectivity index (χ4n) is 2.68.